The van der Waals surface area contributed by atoms with Crippen LogP contribution in [-0.4, -0.2) is 44.7 Å². The summed E-state index contributed by atoms with van der Waals surface area (Å²) in [6.45, 7) is 5.08. The van der Waals surface area contributed by atoms with Crippen LogP contribution in [0.5, 0.6) is 0 Å². The van der Waals surface area contributed by atoms with E-state index >= 15 is 0 Å². The number of anilines is 1. The largest absolute Gasteiger partial charge is 0.355 e. The van der Waals surface area contributed by atoms with Gasteiger partial charge in [0.1, 0.15) is 0 Å². The van der Waals surface area contributed by atoms with Crippen molar-refractivity contribution >= 4 is 27.5 Å². The van der Waals surface area contributed by atoms with Gasteiger partial charge < -0.3 is 10.6 Å². The molecule has 1 heterocycles. The van der Waals surface area contributed by atoms with Crippen LogP contribution in [0.4, 0.5) is 5.69 Å². The molecule has 0 aromatic heterocycles. The Bertz CT molecular complexity index is 1020. The molecular weight excluding hydrogens is 402 g/mol. The van der Waals surface area contributed by atoms with Gasteiger partial charge in [0.05, 0.1) is 4.90 Å². The van der Waals surface area contributed by atoms with Crippen LogP contribution in [0.25, 0.3) is 0 Å². The SMILES string of the molecule is CNC(=O)c1ccc(NC(=O)c2cccc(S(=O)(=O)N3CC(C)CC(C)C3)c2)cc1. The molecule has 1 aliphatic heterocycles. The van der Waals surface area contributed by atoms with Crippen LogP contribution in [0.15, 0.2) is 53.4 Å². The maximum Gasteiger partial charge on any atom is 0.255 e. The second-order valence-corrected chi connectivity index (χ2v) is 9.84. The molecule has 2 N–H and O–H groups in total. The van der Waals surface area contributed by atoms with Crippen LogP contribution in [0.1, 0.15) is 41.0 Å². The smallest absolute Gasteiger partial charge is 0.255 e. The number of carbonyl (C=O) groups excluding carboxylic acids is 2. The van der Waals surface area contributed by atoms with Gasteiger partial charge >= 0.3 is 0 Å². The summed E-state index contributed by atoms with van der Waals surface area (Å²) in [6, 6.07) is 12.5. The van der Waals surface area contributed by atoms with Crippen LogP contribution < -0.4 is 10.6 Å². The molecule has 1 fully saturated rings. The summed E-state index contributed by atoms with van der Waals surface area (Å²) in [6.07, 6.45) is 1.01. The highest BCUT2D eigenvalue weighted by atomic mass is 32.2. The van der Waals surface area contributed by atoms with Crippen LogP contribution >= 0.6 is 0 Å². The lowest BCUT2D eigenvalue weighted by molar-refractivity contribution is 0.0962. The number of carbonyl (C=O) groups is 2. The molecule has 0 bridgehead atoms. The van der Waals surface area contributed by atoms with E-state index in [0.717, 1.165) is 6.42 Å². The van der Waals surface area contributed by atoms with Gasteiger partial charge in [-0.3, -0.25) is 9.59 Å². The maximum atomic E-state index is 13.1. The van der Waals surface area contributed by atoms with Crippen LogP contribution in [0.3, 0.4) is 0 Å². The number of nitrogens with zero attached hydrogens (tertiary/aromatic N) is 1. The van der Waals surface area contributed by atoms with Crippen molar-refractivity contribution in [3.05, 3.63) is 59.7 Å². The third-order valence-electron chi connectivity index (χ3n) is 5.20. The van der Waals surface area contributed by atoms with Crippen molar-refractivity contribution in [1.82, 2.24) is 9.62 Å². The lowest BCUT2D eigenvalue weighted by atomic mass is 9.94. The molecule has 8 heteroatoms. The van der Waals surface area contributed by atoms with Gasteiger partial charge in [0.2, 0.25) is 10.0 Å². The van der Waals surface area contributed by atoms with Crippen LogP contribution in [0, 0.1) is 11.8 Å². The predicted octanol–water partition coefficient (Wildman–Crippen LogP) is 2.97. The standard InChI is InChI=1S/C22H27N3O4S/c1-15-11-16(2)14-25(13-15)30(28,29)20-6-4-5-18(12-20)22(27)24-19-9-7-17(8-10-19)21(26)23-3/h4-10,12,15-16H,11,13-14H2,1-3H3,(H,23,26)(H,24,27). The number of piperidine rings is 1. The van der Waals surface area contributed by atoms with Crippen molar-refractivity contribution in [3.63, 3.8) is 0 Å². The predicted molar refractivity (Wildman–Crippen MR) is 116 cm³/mol. The van der Waals surface area contributed by atoms with E-state index in [0.29, 0.717) is 36.2 Å². The fraction of sp³-hybridized carbons (Fsp3) is 0.364. The van der Waals surface area contributed by atoms with Gasteiger partial charge in [-0.15, -0.1) is 0 Å². The Kier molecular flexibility index (Phi) is 6.58. The lowest BCUT2D eigenvalue weighted by Crippen LogP contribution is -2.42. The Morgan fingerprint density at radius 2 is 1.57 bits per heavy atom. The molecule has 2 atom stereocenters. The third-order valence-corrected chi connectivity index (χ3v) is 7.03. The van der Waals surface area contributed by atoms with Crippen LogP contribution in [0.2, 0.25) is 0 Å². The Hall–Kier alpha value is -2.71. The van der Waals surface area contributed by atoms with Gasteiger partial charge in [-0.25, -0.2) is 8.42 Å². The highest BCUT2D eigenvalue weighted by Gasteiger charge is 2.32. The minimum Gasteiger partial charge on any atom is -0.355 e. The Morgan fingerprint density at radius 1 is 0.933 bits per heavy atom. The average Bonchev–Trinajstić information content (AvgIpc) is 2.73. The fourth-order valence-electron chi connectivity index (χ4n) is 3.80. The quantitative estimate of drug-likeness (QED) is 0.764. The molecule has 3 rings (SSSR count). The summed E-state index contributed by atoms with van der Waals surface area (Å²) >= 11 is 0. The van der Waals surface area contributed by atoms with Gasteiger partial charge in [-0.2, -0.15) is 4.31 Å². The number of hydrogen-bond acceptors (Lipinski definition) is 4. The van der Waals surface area contributed by atoms with Crippen molar-refractivity contribution in [2.45, 2.75) is 25.2 Å². The van der Waals surface area contributed by atoms with Crippen molar-refractivity contribution in [1.29, 1.82) is 0 Å². The molecule has 1 saturated heterocycles. The van der Waals surface area contributed by atoms with E-state index in [1.807, 2.05) is 0 Å². The minimum atomic E-state index is -3.67. The fourth-order valence-corrected chi connectivity index (χ4v) is 5.53. The molecule has 2 aromatic rings. The van der Waals surface area contributed by atoms with E-state index in [9.17, 15) is 18.0 Å². The van der Waals surface area contributed by atoms with Gasteiger partial charge in [0, 0.05) is 37.0 Å². The first-order valence-electron chi connectivity index (χ1n) is 9.94. The molecule has 0 saturated carbocycles. The summed E-state index contributed by atoms with van der Waals surface area (Å²) < 4.78 is 27.7. The monoisotopic (exact) mass is 429 g/mol. The topological polar surface area (TPSA) is 95.6 Å². The summed E-state index contributed by atoms with van der Waals surface area (Å²) in [5.74, 6) is -0.0345. The van der Waals surface area contributed by atoms with Crippen molar-refractivity contribution in [2.75, 3.05) is 25.5 Å². The van der Waals surface area contributed by atoms with E-state index in [1.165, 1.54) is 16.4 Å². The molecular formula is C22H27N3O4S. The highest BCUT2D eigenvalue weighted by molar-refractivity contribution is 7.89. The Balaban J connectivity index is 1.77. The lowest BCUT2D eigenvalue weighted by Gasteiger charge is -2.34. The summed E-state index contributed by atoms with van der Waals surface area (Å²) in [5, 5.41) is 5.27. The first-order chi connectivity index (χ1) is 14.2. The zero-order valence-electron chi connectivity index (χ0n) is 17.4. The first-order valence-corrected chi connectivity index (χ1v) is 11.4. The molecule has 2 unspecified atom stereocenters. The van der Waals surface area contributed by atoms with Gasteiger partial charge in [-0.1, -0.05) is 19.9 Å². The first kappa shape index (κ1) is 22.0. The van der Waals surface area contributed by atoms with Gasteiger partial charge in [0.15, 0.2) is 0 Å². The van der Waals surface area contributed by atoms with Crippen LogP contribution in [-0.2, 0) is 10.0 Å². The Morgan fingerprint density at radius 3 is 2.17 bits per heavy atom. The normalized spacial score (nSPS) is 19.8. The zero-order chi connectivity index (χ0) is 21.9. The molecule has 160 valence electrons. The van der Waals surface area contributed by atoms with Crippen molar-refractivity contribution < 1.29 is 18.0 Å². The highest BCUT2D eigenvalue weighted by Crippen LogP contribution is 2.27. The van der Waals surface area contributed by atoms with E-state index in [-0.39, 0.29) is 16.4 Å². The summed E-state index contributed by atoms with van der Waals surface area (Å²) in [7, 11) is -2.12. The van der Waals surface area contributed by atoms with Gasteiger partial charge in [-0.05, 0) is 60.7 Å². The Labute approximate surface area is 177 Å². The average molecular weight is 430 g/mol. The van der Waals surface area contributed by atoms with E-state index in [2.05, 4.69) is 24.5 Å². The molecule has 0 aliphatic carbocycles. The van der Waals surface area contributed by atoms with Crippen molar-refractivity contribution in [3.8, 4) is 0 Å². The van der Waals surface area contributed by atoms with E-state index < -0.39 is 15.9 Å². The van der Waals surface area contributed by atoms with E-state index in [4.69, 9.17) is 0 Å². The molecule has 30 heavy (non-hydrogen) atoms. The summed E-state index contributed by atoms with van der Waals surface area (Å²) in [5.41, 5.74) is 1.25. The van der Waals surface area contributed by atoms with E-state index in [1.54, 1.807) is 43.4 Å². The summed E-state index contributed by atoms with van der Waals surface area (Å²) in [4.78, 5) is 24.4. The van der Waals surface area contributed by atoms with Crippen molar-refractivity contribution in [2.24, 2.45) is 11.8 Å². The molecule has 1 aliphatic rings. The minimum absolute atomic E-state index is 0.117. The number of hydrogen-bond donors (Lipinski definition) is 2. The second kappa shape index (κ2) is 8.97. The second-order valence-electron chi connectivity index (χ2n) is 7.91. The number of nitrogens with one attached hydrogen (secondary N) is 2. The molecule has 0 spiro atoms. The zero-order valence-corrected chi connectivity index (χ0v) is 18.2. The molecule has 2 amide bonds. The maximum absolute atomic E-state index is 13.1. The number of benzene rings is 2. The third kappa shape index (κ3) is 4.88. The molecule has 7 nitrogen and oxygen atoms in total. The number of amides is 2. The molecule has 0 radical (unpaired) electrons. The number of rotatable bonds is 5. The molecule has 2 aromatic carbocycles. The number of sulfonamides is 1. The van der Waals surface area contributed by atoms with Gasteiger partial charge in [0.25, 0.3) is 11.8 Å².